The minimum absolute atomic E-state index is 0.0506. The zero-order valence-electron chi connectivity index (χ0n) is 12.2. The van der Waals surface area contributed by atoms with Gasteiger partial charge in [-0.2, -0.15) is 5.26 Å². The topological polar surface area (TPSA) is 76.4 Å². The number of carbonyl (C=O) groups is 1. The summed E-state index contributed by atoms with van der Waals surface area (Å²) in [6.45, 7) is 1.18. The largest absolute Gasteiger partial charge is 0.393 e. The lowest BCUT2D eigenvalue weighted by molar-refractivity contribution is -0.117. The molecule has 1 fully saturated rings. The van der Waals surface area contributed by atoms with Crippen molar-refractivity contribution in [2.75, 3.05) is 25.5 Å². The lowest BCUT2D eigenvalue weighted by atomic mass is 9.82. The van der Waals surface area contributed by atoms with Crippen molar-refractivity contribution in [2.45, 2.75) is 25.4 Å². The van der Waals surface area contributed by atoms with E-state index in [-0.39, 0.29) is 12.0 Å². The number of rotatable bonds is 6. The van der Waals surface area contributed by atoms with E-state index in [1.165, 1.54) is 0 Å². The summed E-state index contributed by atoms with van der Waals surface area (Å²) in [4.78, 5) is 13.9. The Labute approximate surface area is 125 Å². The maximum atomic E-state index is 11.9. The van der Waals surface area contributed by atoms with Crippen LogP contribution in [0, 0.1) is 17.2 Å². The molecule has 0 bridgehead atoms. The maximum absolute atomic E-state index is 11.9. The van der Waals surface area contributed by atoms with E-state index in [9.17, 15) is 9.90 Å². The van der Waals surface area contributed by atoms with Gasteiger partial charge in [0.15, 0.2) is 0 Å². The second-order valence-corrected chi connectivity index (χ2v) is 5.77. The fourth-order valence-corrected chi connectivity index (χ4v) is 2.60. The van der Waals surface area contributed by atoms with E-state index >= 15 is 0 Å². The zero-order chi connectivity index (χ0) is 15.2. The average molecular weight is 287 g/mol. The Kier molecular flexibility index (Phi) is 5.32. The number of nitrogens with one attached hydrogen (secondary N) is 1. The number of aliphatic hydroxyl groups excluding tert-OH is 1. The third-order valence-electron chi connectivity index (χ3n) is 3.72. The summed E-state index contributed by atoms with van der Waals surface area (Å²) in [7, 11) is 1.92. The molecular weight excluding hydrogens is 266 g/mol. The molecule has 0 aromatic heterocycles. The van der Waals surface area contributed by atoms with Gasteiger partial charge in [-0.15, -0.1) is 0 Å². The molecule has 1 saturated carbocycles. The first-order valence-corrected chi connectivity index (χ1v) is 7.19. The molecule has 1 aliphatic carbocycles. The quantitative estimate of drug-likeness (QED) is 0.829. The summed E-state index contributed by atoms with van der Waals surface area (Å²) >= 11 is 0. The van der Waals surface area contributed by atoms with Gasteiger partial charge in [0.05, 0.1) is 25.1 Å². The van der Waals surface area contributed by atoms with E-state index in [2.05, 4.69) is 11.4 Å². The molecule has 1 amide bonds. The molecule has 1 aromatic carbocycles. The Morgan fingerprint density at radius 1 is 1.43 bits per heavy atom. The van der Waals surface area contributed by atoms with Crippen molar-refractivity contribution in [3.8, 4) is 6.07 Å². The molecule has 5 heteroatoms. The van der Waals surface area contributed by atoms with Gasteiger partial charge in [0.25, 0.3) is 0 Å². The van der Waals surface area contributed by atoms with Crippen molar-refractivity contribution in [1.82, 2.24) is 4.90 Å². The predicted molar refractivity (Wildman–Crippen MR) is 80.6 cm³/mol. The average Bonchev–Trinajstić information content (AvgIpc) is 2.39. The van der Waals surface area contributed by atoms with E-state index in [0.717, 1.165) is 30.6 Å². The van der Waals surface area contributed by atoms with E-state index in [1.54, 1.807) is 0 Å². The fourth-order valence-electron chi connectivity index (χ4n) is 2.60. The first-order valence-electron chi connectivity index (χ1n) is 7.19. The monoisotopic (exact) mass is 287 g/mol. The minimum Gasteiger partial charge on any atom is -0.393 e. The van der Waals surface area contributed by atoms with E-state index < -0.39 is 0 Å². The fraction of sp³-hybridized carbons (Fsp3) is 0.500. The number of hydrogen-bond donors (Lipinski definition) is 2. The number of anilines is 1. The lowest BCUT2D eigenvalue weighted by Crippen LogP contribution is -2.39. The Hall–Kier alpha value is -1.90. The van der Waals surface area contributed by atoms with Crippen LogP contribution in [0.4, 0.5) is 5.69 Å². The second-order valence-electron chi connectivity index (χ2n) is 5.77. The molecule has 2 rings (SSSR count). The van der Waals surface area contributed by atoms with Crippen LogP contribution in [0.5, 0.6) is 0 Å². The molecule has 1 aromatic rings. The highest BCUT2D eigenvalue weighted by Crippen LogP contribution is 2.27. The van der Waals surface area contributed by atoms with Gasteiger partial charge in [0.1, 0.15) is 0 Å². The number of nitrogens with zero attached hydrogens (tertiary/aromatic N) is 2. The van der Waals surface area contributed by atoms with Gasteiger partial charge in [-0.05, 0) is 43.5 Å². The number of nitriles is 1. The number of hydrogen-bond acceptors (Lipinski definition) is 4. The summed E-state index contributed by atoms with van der Waals surface area (Å²) in [6.07, 6.45) is 1.91. The highest BCUT2D eigenvalue weighted by Gasteiger charge is 2.28. The van der Waals surface area contributed by atoms with E-state index in [0.29, 0.717) is 18.9 Å². The van der Waals surface area contributed by atoms with E-state index in [1.807, 2.05) is 36.2 Å². The number of likely N-dealkylation sites (N-methyl/N-ethyl adjacent to an activating group) is 1. The van der Waals surface area contributed by atoms with Crippen molar-refractivity contribution in [1.29, 1.82) is 5.26 Å². The lowest BCUT2D eigenvalue weighted by Gasteiger charge is -2.34. The maximum Gasteiger partial charge on any atom is 0.238 e. The molecule has 1 aliphatic rings. The van der Waals surface area contributed by atoms with Crippen molar-refractivity contribution < 1.29 is 9.90 Å². The third-order valence-corrected chi connectivity index (χ3v) is 3.72. The minimum atomic E-state index is -0.149. The number of benzene rings is 1. The van der Waals surface area contributed by atoms with Gasteiger partial charge in [-0.25, -0.2) is 0 Å². The van der Waals surface area contributed by atoms with Crippen LogP contribution in [0.1, 0.15) is 18.4 Å². The molecule has 112 valence electrons. The molecule has 0 spiro atoms. The summed E-state index contributed by atoms with van der Waals surface area (Å²) in [5.41, 5.74) is 1.69. The van der Waals surface area contributed by atoms with Gasteiger partial charge in [-0.1, -0.05) is 12.1 Å². The number of amides is 1. The van der Waals surface area contributed by atoms with Crippen LogP contribution >= 0.6 is 0 Å². The second kappa shape index (κ2) is 7.21. The summed E-state index contributed by atoms with van der Waals surface area (Å²) in [5, 5.41) is 20.7. The smallest absolute Gasteiger partial charge is 0.238 e. The molecule has 0 unspecified atom stereocenters. The Balaban J connectivity index is 1.74. The van der Waals surface area contributed by atoms with Gasteiger partial charge in [0.2, 0.25) is 5.91 Å². The van der Waals surface area contributed by atoms with Crippen LogP contribution in [0.25, 0.3) is 0 Å². The highest BCUT2D eigenvalue weighted by molar-refractivity contribution is 5.92. The standard InChI is InChI=1S/C16H21N3O2/c1-19(10-13-8-15(20)9-13)11-16(21)18-14-4-2-12(3-5-14)6-7-17/h2-5,13,15,20H,6,8-11H2,1H3,(H,18,21). The van der Waals surface area contributed by atoms with Crippen molar-refractivity contribution in [2.24, 2.45) is 5.92 Å². The Bertz CT molecular complexity index is 515. The van der Waals surface area contributed by atoms with Crippen LogP contribution in [-0.4, -0.2) is 42.2 Å². The van der Waals surface area contributed by atoms with Crippen molar-refractivity contribution >= 4 is 11.6 Å². The van der Waals surface area contributed by atoms with Crippen LogP contribution in [0.15, 0.2) is 24.3 Å². The molecule has 0 aliphatic heterocycles. The van der Waals surface area contributed by atoms with Gasteiger partial charge < -0.3 is 10.4 Å². The summed E-state index contributed by atoms with van der Waals surface area (Å²) in [6, 6.07) is 9.41. The van der Waals surface area contributed by atoms with Crippen LogP contribution in [-0.2, 0) is 11.2 Å². The molecule has 0 atom stereocenters. The van der Waals surface area contributed by atoms with Crippen molar-refractivity contribution in [3.63, 3.8) is 0 Å². The Morgan fingerprint density at radius 3 is 2.67 bits per heavy atom. The summed E-state index contributed by atoms with van der Waals surface area (Å²) < 4.78 is 0. The normalized spacial score (nSPS) is 20.7. The molecule has 2 N–H and O–H groups in total. The van der Waals surface area contributed by atoms with Crippen LogP contribution in [0.3, 0.4) is 0 Å². The molecule has 5 nitrogen and oxygen atoms in total. The zero-order valence-corrected chi connectivity index (χ0v) is 12.2. The first-order chi connectivity index (χ1) is 10.1. The van der Waals surface area contributed by atoms with Gasteiger partial charge in [-0.3, -0.25) is 9.69 Å². The molecule has 0 heterocycles. The predicted octanol–water partition coefficient (Wildman–Crippen LogP) is 1.39. The molecule has 21 heavy (non-hydrogen) atoms. The SMILES string of the molecule is CN(CC(=O)Nc1ccc(CC#N)cc1)CC1CC(O)C1. The van der Waals surface area contributed by atoms with Crippen LogP contribution in [0.2, 0.25) is 0 Å². The number of aliphatic hydroxyl groups is 1. The third kappa shape index (κ3) is 4.85. The summed E-state index contributed by atoms with van der Waals surface area (Å²) in [5.74, 6) is 0.452. The van der Waals surface area contributed by atoms with Crippen molar-refractivity contribution in [3.05, 3.63) is 29.8 Å². The van der Waals surface area contributed by atoms with Gasteiger partial charge >= 0.3 is 0 Å². The van der Waals surface area contributed by atoms with Gasteiger partial charge in [0, 0.05) is 12.2 Å². The van der Waals surface area contributed by atoms with Crippen LogP contribution < -0.4 is 5.32 Å². The highest BCUT2D eigenvalue weighted by atomic mass is 16.3. The molecule has 0 saturated heterocycles. The first kappa shape index (κ1) is 15.5. The Morgan fingerprint density at radius 2 is 2.10 bits per heavy atom. The van der Waals surface area contributed by atoms with E-state index in [4.69, 9.17) is 5.26 Å². The molecule has 0 radical (unpaired) electrons. The molecular formula is C16H21N3O2. The number of carbonyl (C=O) groups excluding carboxylic acids is 1.